The quantitative estimate of drug-likeness (QED) is 0.227. The van der Waals surface area contributed by atoms with Crippen molar-refractivity contribution in [2.75, 3.05) is 6.54 Å². The summed E-state index contributed by atoms with van der Waals surface area (Å²) in [5.74, 6) is -2.62. The molecule has 0 radical (unpaired) electrons. The molecule has 2 aliphatic heterocycles. The number of carbonyl (C=O) groups is 2. The van der Waals surface area contributed by atoms with Crippen LogP contribution in [0.2, 0.25) is 0 Å². The topological polar surface area (TPSA) is 121 Å². The first kappa shape index (κ1) is 29.8. The molecule has 0 spiro atoms. The molecule has 234 valence electrons. The van der Waals surface area contributed by atoms with Crippen LogP contribution in [-0.2, 0) is 19.4 Å². The van der Waals surface area contributed by atoms with E-state index in [2.05, 4.69) is 15.5 Å². The summed E-state index contributed by atoms with van der Waals surface area (Å²) in [6.45, 7) is 1.98. The number of rotatable bonds is 8. The lowest BCUT2D eigenvalue weighted by Gasteiger charge is -2.18. The van der Waals surface area contributed by atoms with Gasteiger partial charge in [-0.15, -0.1) is 21.5 Å². The Balaban J connectivity index is 1.32. The summed E-state index contributed by atoms with van der Waals surface area (Å²) in [7, 11) is 0. The number of thiophene rings is 1. The number of benzene rings is 2. The van der Waals surface area contributed by atoms with Crippen LogP contribution in [0.25, 0.3) is 21.9 Å². The molecule has 46 heavy (non-hydrogen) atoms. The highest BCUT2D eigenvalue weighted by Crippen LogP contribution is 2.49. The van der Waals surface area contributed by atoms with Crippen LogP contribution in [0.4, 0.5) is 13.2 Å². The van der Waals surface area contributed by atoms with Crippen molar-refractivity contribution >= 4 is 23.2 Å². The van der Waals surface area contributed by atoms with E-state index in [-0.39, 0.29) is 24.2 Å². The zero-order chi connectivity index (χ0) is 32.1. The van der Waals surface area contributed by atoms with E-state index in [1.807, 2.05) is 0 Å². The van der Waals surface area contributed by atoms with Crippen LogP contribution >= 0.6 is 11.3 Å². The van der Waals surface area contributed by atoms with E-state index in [0.717, 1.165) is 29.0 Å². The van der Waals surface area contributed by atoms with Crippen molar-refractivity contribution in [3.05, 3.63) is 111 Å². The number of pyridine rings is 1. The molecule has 2 N–H and O–H groups in total. The molecule has 9 nitrogen and oxygen atoms in total. The maximum absolute atomic E-state index is 13.9. The zero-order valence-electron chi connectivity index (χ0n) is 24.4. The first-order chi connectivity index (χ1) is 22.2. The predicted molar refractivity (Wildman–Crippen MR) is 161 cm³/mol. The van der Waals surface area contributed by atoms with Gasteiger partial charge in [0.1, 0.15) is 11.9 Å². The molecule has 2 atom stereocenters. The van der Waals surface area contributed by atoms with E-state index in [1.165, 1.54) is 18.2 Å². The average molecular weight is 646 g/mol. The number of nitrogens with one attached hydrogen (secondary N) is 1. The molecule has 2 unspecified atom stereocenters. The molecular formula is C33H26F3N5O4S. The van der Waals surface area contributed by atoms with Gasteiger partial charge >= 0.3 is 0 Å². The van der Waals surface area contributed by atoms with Gasteiger partial charge in [0.15, 0.2) is 11.6 Å². The van der Waals surface area contributed by atoms with Crippen LogP contribution in [0.3, 0.4) is 0 Å². The second-order valence-corrected chi connectivity index (χ2v) is 12.3. The maximum atomic E-state index is 13.9. The Morgan fingerprint density at radius 3 is 2.52 bits per heavy atom. The van der Waals surface area contributed by atoms with Gasteiger partial charge in [-0.3, -0.25) is 14.6 Å². The number of nitrogens with zero attached hydrogens (tertiary/aromatic N) is 4. The largest absolute Gasteiger partial charge is 0.421 e. The Hall–Kier alpha value is -4.88. The Bertz CT molecular complexity index is 1990. The molecule has 5 heterocycles. The number of aromatic nitrogens is 3. The van der Waals surface area contributed by atoms with Crippen molar-refractivity contribution in [3.8, 4) is 21.9 Å². The minimum Gasteiger partial charge on any atom is -0.421 e. The van der Waals surface area contributed by atoms with Crippen LogP contribution in [0.5, 0.6) is 0 Å². The van der Waals surface area contributed by atoms with Gasteiger partial charge in [0.2, 0.25) is 11.8 Å². The standard InChI is InChI=1S/C33H26F3N5O4S/c1-16-39-40-32(45-16)26-22(9-5-17-2-6-19(34)7-3-17)38-29-28(33(44)41-13-12-23(42)30(29)41)27(26)24-10-11-25(46-24)31(43)37-15-18-4-8-20(35)21(36)14-18/h2-4,6-8,10-11,14,23,30,42H,5,9,12-13,15H2,1H3,(H,37,43). The van der Waals surface area contributed by atoms with Gasteiger partial charge in [0, 0.05) is 30.5 Å². The third-order valence-corrected chi connectivity index (χ3v) is 9.34. The monoisotopic (exact) mass is 645 g/mol. The fourth-order valence-corrected chi connectivity index (χ4v) is 7.02. The summed E-state index contributed by atoms with van der Waals surface area (Å²) in [6, 6.07) is 12.3. The molecule has 1 saturated heterocycles. The van der Waals surface area contributed by atoms with Gasteiger partial charge in [-0.05, 0) is 66.8 Å². The van der Waals surface area contributed by atoms with Gasteiger partial charge in [-0.2, -0.15) is 0 Å². The minimum absolute atomic E-state index is 0.0268. The van der Waals surface area contributed by atoms with Crippen molar-refractivity contribution in [2.24, 2.45) is 0 Å². The molecule has 1 fully saturated rings. The summed E-state index contributed by atoms with van der Waals surface area (Å²) in [5.41, 5.74) is 3.47. The lowest BCUT2D eigenvalue weighted by atomic mass is 9.92. The molecule has 5 aromatic rings. The molecule has 0 bridgehead atoms. The van der Waals surface area contributed by atoms with Crippen molar-refractivity contribution < 1.29 is 32.3 Å². The molecule has 3 aromatic heterocycles. The molecule has 7 rings (SSSR count). The molecule has 2 aromatic carbocycles. The van der Waals surface area contributed by atoms with E-state index in [1.54, 1.807) is 36.1 Å². The number of amides is 2. The van der Waals surface area contributed by atoms with Gasteiger partial charge in [-0.25, -0.2) is 13.2 Å². The predicted octanol–water partition coefficient (Wildman–Crippen LogP) is 5.56. The summed E-state index contributed by atoms with van der Waals surface area (Å²) < 4.78 is 46.5. The SMILES string of the molecule is Cc1nnc(-c2c(CCc3ccc(F)cc3)nc3c(c2-c2ccc(C(=O)NCc4ccc(F)c(F)c4)s2)C(=O)N2CCC(O)C32)o1. The second kappa shape index (κ2) is 11.8. The van der Waals surface area contributed by atoms with E-state index in [0.29, 0.717) is 75.1 Å². The average Bonchev–Trinajstić information content (AvgIpc) is 3.84. The highest BCUT2D eigenvalue weighted by Gasteiger charge is 2.49. The fourth-order valence-electron chi connectivity index (χ4n) is 6.04. The normalized spacial score (nSPS) is 17.0. The van der Waals surface area contributed by atoms with E-state index in [9.17, 15) is 27.9 Å². The van der Waals surface area contributed by atoms with Crippen molar-refractivity contribution in [1.29, 1.82) is 0 Å². The van der Waals surface area contributed by atoms with Crippen LogP contribution in [0.15, 0.2) is 59.0 Å². The molecule has 13 heteroatoms. The Morgan fingerprint density at radius 1 is 1.00 bits per heavy atom. The number of aliphatic hydroxyl groups excluding tert-OH is 1. The lowest BCUT2D eigenvalue weighted by Crippen LogP contribution is -2.25. The molecule has 0 saturated carbocycles. The molecule has 2 aliphatic rings. The Kier molecular flexibility index (Phi) is 7.65. The van der Waals surface area contributed by atoms with Gasteiger partial charge in [0.25, 0.3) is 11.8 Å². The van der Waals surface area contributed by atoms with Crippen molar-refractivity contribution in [1.82, 2.24) is 25.4 Å². The zero-order valence-corrected chi connectivity index (χ0v) is 25.2. The lowest BCUT2D eigenvalue weighted by molar-refractivity contribution is 0.0699. The second-order valence-electron chi connectivity index (χ2n) is 11.2. The highest BCUT2D eigenvalue weighted by molar-refractivity contribution is 7.17. The van der Waals surface area contributed by atoms with Crippen LogP contribution < -0.4 is 5.32 Å². The molecular weight excluding hydrogens is 619 g/mol. The number of fused-ring (bicyclic) bond motifs is 3. The Labute approximate surface area is 264 Å². The third-order valence-electron chi connectivity index (χ3n) is 8.24. The summed E-state index contributed by atoms with van der Waals surface area (Å²) in [5, 5.41) is 21.9. The smallest absolute Gasteiger partial charge is 0.261 e. The fraction of sp³-hybridized carbons (Fsp3) is 0.242. The molecule has 0 aliphatic carbocycles. The number of aryl methyl sites for hydroxylation is 3. The highest BCUT2D eigenvalue weighted by atomic mass is 32.1. The summed E-state index contributed by atoms with van der Waals surface area (Å²) in [4.78, 5) is 34.5. The van der Waals surface area contributed by atoms with Gasteiger partial charge in [0.05, 0.1) is 33.5 Å². The van der Waals surface area contributed by atoms with E-state index < -0.39 is 29.7 Å². The number of hydrogen-bond donors (Lipinski definition) is 2. The first-order valence-electron chi connectivity index (χ1n) is 14.6. The maximum Gasteiger partial charge on any atom is 0.261 e. The van der Waals surface area contributed by atoms with Gasteiger partial charge in [-0.1, -0.05) is 18.2 Å². The van der Waals surface area contributed by atoms with E-state index in [4.69, 9.17) is 9.40 Å². The number of carbonyl (C=O) groups excluding carboxylic acids is 2. The first-order valence-corrected chi connectivity index (χ1v) is 15.4. The van der Waals surface area contributed by atoms with Crippen molar-refractivity contribution in [2.45, 2.75) is 44.9 Å². The third kappa shape index (κ3) is 5.35. The van der Waals surface area contributed by atoms with E-state index >= 15 is 0 Å². The Morgan fingerprint density at radius 2 is 1.78 bits per heavy atom. The minimum atomic E-state index is -1.01. The van der Waals surface area contributed by atoms with Crippen LogP contribution in [0.1, 0.15) is 60.9 Å². The van der Waals surface area contributed by atoms with Crippen molar-refractivity contribution in [3.63, 3.8) is 0 Å². The number of halogens is 3. The summed E-state index contributed by atoms with van der Waals surface area (Å²) in [6.07, 6.45) is 0.475. The number of aliphatic hydroxyl groups is 1. The summed E-state index contributed by atoms with van der Waals surface area (Å²) >= 11 is 1.13. The number of hydrogen-bond acceptors (Lipinski definition) is 8. The van der Waals surface area contributed by atoms with Crippen LogP contribution in [0, 0.1) is 24.4 Å². The molecule has 2 amide bonds. The van der Waals surface area contributed by atoms with Crippen LogP contribution in [-0.4, -0.2) is 49.7 Å². The van der Waals surface area contributed by atoms with Gasteiger partial charge < -0.3 is 19.7 Å².